The van der Waals surface area contributed by atoms with Gasteiger partial charge in [0.1, 0.15) is 0 Å². The van der Waals surface area contributed by atoms with Crippen LogP contribution in [0.15, 0.2) is 4.52 Å². The summed E-state index contributed by atoms with van der Waals surface area (Å²) in [6.07, 6.45) is 2.51. The molecule has 0 saturated carbocycles. The van der Waals surface area contributed by atoms with E-state index in [4.69, 9.17) is 4.52 Å². The van der Waals surface area contributed by atoms with Crippen LogP contribution in [0.4, 0.5) is 0 Å². The first-order valence-corrected chi connectivity index (χ1v) is 11.3. The first-order valence-electron chi connectivity index (χ1n) is 8.05. The minimum Gasteiger partial charge on any atom is -0.339 e. The van der Waals surface area contributed by atoms with Gasteiger partial charge in [-0.05, 0) is 12.8 Å². The zero-order chi connectivity index (χ0) is 18.4. The molecule has 25 heavy (non-hydrogen) atoms. The molecule has 1 aromatic heterocycles. The molecule has 0 atom stereocenters. The summed E-state index contributed by atoms with van der Waals surface area (Å²) in [5.41, 5.74) is 0. The summed E-state index contributed by atoms with van der Waals surface area (Å²) in [5, 5.41) is 4.02. The van der Waals surface area contributed by atoms with Crippen molar-refractivity contribution in [3.63, 3.8) is 0 Å². The van der Waals surface area contributed by atoms with Crippen LogP contribution < -0.4 is 0 Å². The molecule has 0 amide bonds. The fraction of sp³-hybridized carbons (Fsp3) is 0.846. The predicted molar refractivity (Wildman–Crippen MR) is 89.6 cm³/mol. The number of sulfonamides is 1. The Morgan fingerprint density at radius 2 is 1.64 bits per heavy atom. The second-order valence-electron chi connectivity index (χ2n) is 6.73. The molecule has 142 valence electrons. The molecule has 3 heterocycles. The molecule has 2 saturated heterocycles. The van der Waals surface area contributed by atoms with Crippen LogP contribution in [0.3, 0.4) is 0 Å². The number of hydrogen-bond donors (Lipinski definition) is 0. The average Bonchev–Trinajstić information content (AvgIpc) is 2.94. The van der Waals surface area contributed by atoms with Gasteiger partial charge in [0.15, 0.2) is 5.82 Å². The van der Waals surface area contributed by atoms with Gasteiger partial charge in [-0.3, -0.25) is 0 Å². The quantitative estimate of drug-likeness (QED) is 0.656. The van der Waals surface area contributed by atoms with E-state index in [2.05, 4.69) is 10.1 Å². The highest BCUT2D eigenvalue weighted by Crippen LogP contribution is 2.32. The number of aromatic nitrogens is 2. The Bertz CT molecular complexity index is 821. The fourth-order valence-corrected chi connectivity index (χ4v) is 5.11. The average molecular weight is 393 g/mol. The second kappa shape index (κ2) is 6.58. The van der Waals surface area contributed by atoms with Gasteiger partial charge in [0.05, 0.1) is 12.2 Å². The monoisotopic (exact) mass is 393 g/mol. The number of hydrogen-bond acceptors (Lipinski definition) is 7. The highest BCUT2D eigenvalue weighted by molar-refractivity contribution is 7.88. The zero-order valence-electron chi connectivity index (χ0n) is 14.5. The molecular formula is C13H23N5O5S2. The Morgan fingerprint density at radius 3 is 2.16 bits per heavy atom. The molecule has 10 nitrogen and oxygen atoms in total. The topological polar surface area (TPSA) is 117 Å². The maximum atomic E-state index is 12.0. The van der Waals surface area contributed by atoms with E-state index in [1.165, 1.54) is 33.3 Å². The van der Waals surface area contributed by atoms with Crippen LogP contribution in [0.1, 0.15) is 36.4 Å². The molecule has 2 aliphatic rings. The van der Waals surface area contributed by atoms with Crippen LogP contribution in [-0.4, -0.2) is 86.4 Å². The van der Waals surface area contributed by atoms with Gasteiger partial charge in [-0.15, -0.1) is 0 Å². The molecule has 12 heteroatoms. The number of rotatable bonds is 5. The van der Waals surface area contributed by atoms with Crippen LogP contribution >= 0.6 is 0 Å². The molecule has 0 unspecified atom stereocenters. The van der Waals surface area contributed by atoms with Crippen molar-refractivity contribution in [2.75, 3.05) is 46.5 Å². The number of piperidine rings is 1. The van der Waals surface area contributed by atoms with Gasteiger partial charge >= 0.3 is 0 Å². The van der Waals surface area contributed by atoms with Crippen LogP contribution in [0, 0.1) is 0 Å². The molecular weight excluding hydrogens is 370 g/mol. The van der Waals surface area contributed by atoms with Crippen molar-refractivity contribution < 1.29 is 21.4 Å². The molecule has 2 aliphatic heterocycles. The van der Waals surface area contributed by atoms with Gasteiger partial charge in [-0.25, -0.2) is 12.7 Å². The third-order valence-corrected chi connectivity index (χ3v) is 7.91. The molecule has 2 fully saturated rings. The lowest BCUT2D eigenvalue weighted by Crippen LogP contribution is -2.52. The smallest absolute Gasteiger partial charge is 0.281 e. The minimum atomic E-state index is -3.40. The Labute approximate surface area is 148 Å². The van der Waals surface area contributed by atoms with E-state index >= 15 is 0 Å². The molecule has 0 aliphatic carbocycles. The van der Waals surface area contributed by atoms with Crippen LogP contribution in [-0.2, 0) is 20.2 Å². The lowest BCUT2D eigenvalue weighted by Gasteiger charge is -2.37. The van der Waals surface area contributed by atoms with E-state index in [-0.39, 0.29) is 11.8 Å². The summed E-state index contributed by atoms with van der Waals surface area (Å²) in [5.74, 6) is 1.01. The lowest BCUT2D eigenvalue weighted by molar-refractivity contribution is 0.207. The molecule has 0 radical (unpaired) electrons. The summed E-state index contributed by atoms with van der Waals surface area (Å²) in [7, 11) is -3.57. The highest BCUT2D eigenvalue weighted by atomic mass is 32.2. The molecule has 0 aromatic carbocycles. The normalized spacial score (nSPS) is 22.4. The zero-order valence-corrected chi connectivity index (χ0v) is 16.1. The van der Waals surface area contributed by atoms with E-state index in [1.807, 2.05) is 0 Å². The van der Waals surface area contributed by atoms with Crippen molar-refractivity contribution in [1.29, 1.82) is 0 Å². The lowest BCUT2D eigenvalue weighted by atomic mass is 9.97. The first kappa shape index (κ1) is 18.7. The Hall–Kier alpha value is -1.08. The minimum absolute atomic E-state index is 0.0668. The van der Waals surface area contributed by atoms with Gasteiger partial charge in [0, 0.05) is 46.2 Å². The molecule has 0 spiro atoms. The highest BCUT2D eigenvalue weighted by Gasteiger charge is 2.41. The van der Waals surface area contributed by atoms with Gasteiger partial charge < -0.3 is 4.52 Å². The van der Waals surface area contributed by atoms with Crippen LogP contribution in [0.2, 0.25) is 0 Å². The van der Waals surface area contributed by atoms with Crippen molar-refractivity contribution >= 4 is 20.2 Å². The standard InChI is InChI=1S/C13H23N5O5S2/c1-16(2)25(21,22)18-8-11(9-18)13-14-12(15-23-13)10-4-6-17(7-5-10)24(3,19)20/h10-11H,4-9H2,1-3H3. The van der Waals surface area contributed by atoms with E-state index in [9.17, 15) is 16.8 Å². The number of nitrogens with zero attached hydrogens (tertiary/aromatic N) is 5. The SMILES string of the molecule is CN(C)S(=O)(=O)N1CC(c2nc(C3CCN(S(C)(=O)=O)CC3)no2)C1. The van der Waals surface area contributed by atoms with E-state index in [0.29, 0.717) is 50.7 Å². The van der Waals surface area contributed by atoms with Crippen molar-refractivity contribution in [3.05, 3.63) is 11.7 Å². The summed E-state index contributed by atoms with van der Waals surface area (Å²) < 4.78 is 56.4. The largest absolute Gasteiger partial charge is 0.339 e. The Kier molecular flexibility index (Phi) is 4.92. The Morgan fingerprint density at radius 1 is 1.04 bits per heavy atom. The van der Waals surface area contributed by atoms with Crippen molar-refractivity contribution in [1.82, 2.24) is 23.1 Å². The van der Waals surface area contributed by atoms with E-state index < -0.39 is 20.2 Å². The predicted octanol–water partition coefficient (Wildman–Crippen LogP) is -0.586. The first-order chi connectivity index (χ1) is 11.6. The summed E-state index contributed by atoms with van der Waals surface area (Å²) >= 11 is 0. The van der Waals surface area contributed by atoms with Crippen molar-refractivity contribution in [2.24, 2.45) is 0 Å². The van der Waals surface area contributed by atoms with Gasteiger partial charge in [-0.2, -0.15) is 22.0 Å². The third-order valence-electron chi connectivity index (χ3n) is 4.73. The summed E-state index contributed by atoms with van der Waals surface area (Å²) in [6.45, 7) is 1.56. The van der Waals surface area contributed by atoms with E-state index in [1.54, 1.807) is 0 Å². The van der Waals surface area contributed by atoms with Crippen LogP contribution in [0.5, 0.6) is 0 Å². The van der Waals surface area contributed by atoms with Gasteiger partial charge in [0.25, 0.3) is 10.2 Å². The third kappa shape index (κ3) is 3.72. The van der Waals surface area contributed by atoms with Crippen LogP contribution in [0.25, 0.3) is 0 Å². The van der Waals surface area contributed by atoms with E-state index in [0.717, 1.165) is 0 Å². The maximum absolute atomic E-state index is 12.0. The van der Waals surface area contributed by atoms with Gasteiger partial charge in [-0.1, -0.05) is 5.16 Å². The maximum Gasteiger partial charge on any atom is 0.281 e. The van der Waals surface area contributed by atoms with Crippen molar-refractivity contribution in [2.45, 2.75) is 24.7 Å². The second-order valence-corrected chi connectivity index (χ2v) is 10.9. The summed E-state index contributed by atoms with van der Waals surface area (Å²) in [6, 6.07) is 0. The van der Waals surface area contributed by atoms with Gasteiger partial charge in [0.2, 0.25) is 15.9 Å². The molecule has 1 aromatic rings. The Balaban J connectivity index is 1.58. The summed E-state index contributed by atoms with van der Waals surface area (Å²) in [4.78, 5) is 4.42. The molecule has 3 rings (SSSR count). The fourth-order valence-electron chi connectivity index (χ4n) is 3.04. The molecule has 0 bridgehead atoms. The molecule has 0 N–H and O–H groups in total. The van der Waals surface area contributed by atoms with Crippen molar-refractivity contribution in [3.8, 4) is 0 Å².